The number of hydrogen-bond donors (Lipinski definition) is 1. The van der Waals surface area contributed by atoms with Crippen LogP contribution in [0.1, 0.15) is 18.9 Å². The third-order valence-electron chi connectivity index (χ3n) is 3.67. The molecule has 0 spiro atoms. The second kappa shape index (κ2) is 5.60. The van der Waals surface area contributed by atoms with E-state index < -0.39 is 10.0 Å². The summed E-state index contributed by atoms with van der Waals surface area (Å²) in [6.45, 7) is 2.64. The molecule has 1 aromatic carbocycles. The first-order chi connectivity index (χ1) is 9.23. The highest BCUT2D eigenvalue weighted by molar-refractivity contribution is 7.89. The van der Waals surface area contributed by atoms with Crippen molar-refractivity contribution in [2.24, 2.45) is 17.6 Å². The van der Waals surface area contributed by atoms with E-state index in [2.05, 4.69) is 6.92 Å². The zero-order valence-corrected chi connectivity index (χ0v) is 13.7. The highest BCUT2D eigenvalue weighted by Crippen LogP contribution is 2.39. The fraction of sp³-hybridized carbons (Fsp3) is 0.462. The Labute approximate surface area is 130 Å². The van der Waals surface area contributed by atoms with Crippen molar-refractivity contribution in [1.29, 1.82) is 0 Å². The van der Waals surface area contributed by atoms with E-state index in [1.54, 1.807) is 13.1 Å². The summed E-state index contributed by atoms with van der Waals surface area (Å²) in [4.78, 5) is 0.283. The lowest BCUT2D eigenvalue weighted by Gasteiger charge is -2.18. The second-order valence-corrected chi connectivity index (χ2v) is 8.13. The third kappa shape index (κ3) is 3.14. The Hall–Kier alpha value is -0.690. The van der Waals surface area contributed by atoms with Gasteiger partial charge in [0.15, 0.2) is 0 Å². The summed E-state index contributed by atoms with van der Waals surface area (Å²) in [5, 5.41) is 0.144. The number of rotatable bonds is 5. The number of nitrogens with two attached hydrogens (primary N) is 1. The van der Waals surface area contributed by atoms with Crippen molar-refractivity contribution in [3.05, 3.63) is 28.8 Å². The molecular weight excluding hydrogens is 316 g/mol. The third-order valence-corrected chi connectivity index (χ3v) is 6.21. The van der Waals surface area contributed by atoms with Crippen LogP contribution in [0.25, 0.3) is 0 Å². The molecule has 20 heavy (non-hydrogen) atoms. The van der Waals surface area contributed by atoms with Crippen molar-refractivity contribution in [2.75, 3.05) is 13.6 Å². The summed E-state index contributed by atoms with van der Waals surface area (Å²) < 4.78 is 26.3. The minimum atomic E-state index is -3.57. The van der Waals surface area contributed by atoms with Crippen LogP contribution in [-0.4, -0.2) is 31.3 Å². The molecule has 2 N–H and O–H groups in total. The largest absolute Gasteiger partial charge is 0.389 e. The summed E-state index contributed by atoms with van der Waals surface area (Å²) >= 11 is 10.9. The Balaban J connectivity index is 2.27. The van der Waals surface area contributed by atoms with E-state index in [4.69, 9.17) is 29.6 Å². The number of sulfonamides is 1. The first-order valence-corrected chi connectivity index (χ1v) is 8.51. The predicted molar refractivity (Wildman–Crippen MR) is 84.4 cm³/mol. The average molecular weight is 333 g/mol. The molecule has 1 fully saturated rings. The molecule has 110 valence electrons. The number of benzene rings is 1. The van der Waals surface area contributed by atoms with Crippen LogP contribution in [0.3, 0.4) is 0 Å². The Kier molecular flexibility index (Phi) is 4.39. The van der Waals surface area contributed by atoms with E-state index in [0.29, 0.717) is 23.9 Å². The van der Waals surface area contributed by atoms with Gasteiger partial charge in [-0.2, -0.15) is 0 Å². The van der Waals surface area contributed by atoms with Crippen molar-refractivity contribution in [1.82, 2.24) is 4.31 Å². The van der Waals surface area contributed by atoms with Crippen molar-refractivity contribution in [3.63, 3.8) is 0 Å². The van der Waals surface area contributed by atoms with Crippen LogP contribution in [0.15, 0.2) is 23.1 Å². The number of hydrogen-bond acceptors (Lipinski definition) is 3. The summed E-state index contributed by atoms with van der Waals surface area (Å²) in [7, 11) is -1.99. The van der Waals surface area contributed by atoms with Gasteiger partial charge in [-0.3, -0.25) is 0 Å². The minimum absolute atomic E-state index is 0.0926. The second-order valence-electron chi connectivity index (χ2n) is 5.27. The molecule has 0 saturated heterocycles. The molecule has 0 heterocycles. The van der Waals surface area contributed by atoms with Gasteiger partial charge in [0.25, 0.3) is 0 Å². The number of halogens is 1. The van der Waals surface area contributed by atoms with Gasteiger partial charge in [-0.1, -0.05) is 36.8 Å². The minimum Gasteiger partial charge on any atom is -0.389 e. The molecule has 1 aliphatic carbocycles. The van der Waals surface area contributed by atoms with E-state index in [1.807, 2.05) is 0 Å². The first kappa shape index (κ1) is 15.7. The molecule has 0 bridgehead atoms. The van der Waals surface area contributed by atoms with E-state index in [-0.39, 0.29) is 14.9 Å². The first-order valence-electron chi connectivity index (χ1n) is 6.29. The van der Waals surface area contributed by atoms with Crippen LogP contribution >= 0.6 is 23.8 Å². The molecule has 0 radical (unpaired) electrons. The normalized spacial score (nSPS) is 22.0. The lowest BCUT2D eigenvalue weighted by molar-refractivity contribution is 0.445. The van der Waals surface area contributed by atoms with Crippen molar-refractivity contribution in [3.8, 4) is 0 Å². The highest BCUT2D eigenvalue weighted by Gasteiger charge is 2.36. The maximum atomic E-state index is 12.5. The molecule has 0 aromatic heterocycles. The van der Waals surface area contributed by atoms with E-state index >= 15 is 0 Å². The SMILES string of the molecule is CC1CC1CN(C)S(=O)(=O)c1ccc(C(N)=S)cc1Cl. The summed E-state index contributed by atoms with van der Waals surface area (Å²) in [5.41, 5.74) is 6.06. The van der Waals surface area contributed by atoms with Gasteiger partial charge in [-0.15, -0.1) is 0 Å². The van der Waals surface area contributed by atoms with Crippen LogP contribution in [0.2, 0.25) is 5.02 Å². The summed E-state index contributed by atoms with van der Waals surface area (Å²) in [5.74, 6) is 1.05. The topological polar surface area (TPSA) is 63.4 Å². The molecule has 7 heteroatoms. The Morgan fingerprint density at radius 3 is 2.60 bits per heavy atom. The molecule has 0 aliphatic heterocycles. The van der Waals surface area contributed by atoms with Gasteiger partial charge in [0, 0.05) is 19.2 Å². The Morgan fingerprint density at radius 2 is 2.15 bits per heavy atom. The van der Waals surface area contributed by atoms with Gasteiger partial charge < -0.3 is 5.73 Å². The fourth-order valence-corrected chi connectivity index (χ4v) is 3.98. The van der Waals surface area contributed by atoms with Crippen molar-refractivity contribution in [2.45, 2.75) is 18.2 Å². The number of thiocarbonyl (C=S) groups is 1. The van der Waals surface area contributed by atoms with E-state index in [1.165, 1.54) is 16.4 Å². The van der Waals surface area contributed by atoms with E-state index in [0.717, 1.165) is 6.42 Å². The highest BCUT2D eigenvalue weighted by atomic mass is 35.5. The van der Waals surface area contributed by atoms with Gasteiger partial charge in [-0.05, 0) is 30.4 Å². The standard InChI is InChI=1S/C13H17ClN2O2S2/c1-8-5-10(8)7-16(2)20(17,18)12-4-3-9(13(15)19)6-11(12)14/h3-4,6,8,10H,5,7H2,1-2H3,(H2,15,19). The van der Waals surface area contributed by atoms with Crippen LogP contribution in [0.5, 0.6) is 0 Å². The van der Waals surface area contributed by atoms with Gasteiger partial charge in [0.05, 0.1) is 5.02 Å². The van der Waals surface area contributed by atoms with Crippen LogP contribution in [-0.2, 0) is 10.0 Å². The maximum absolute atomic E-state index is 12.5. The monoisotopic (exact) mass is 332 g/mol. The summed E-state index contributed by atoms with van der Waals surface area (Å²) in [6.07, 6.45) is 1.08. The zero-order chi connectivity index (χ0) is 15.1. The molecule has 0 amide bonds. The molecular formula is C13H17ClN2O2S2. The number of nitrogens with zero attached hydrogens (tertiary/aromatic N) is 1. The molecule has 1 aromatic rings. The zero-order valence-electron chi connectivity index (χ0n) is 11.3. The van der Waals surface area contributed by atoms with Gasteiger partial charge in [0.2, 0.25) is 10.0 Å². The van der Waals surface area contributed by atoms with E-state index in [9.17, 15) is 8.42 Å². The van der Waals surface area contributed by atoms with Crippen LogP contribution < -0.4 is 5.73 Å². The molecule has 2 rings (SSSR count). The molecule has 4 nitrogen and oxygen atoms in total. The molecule has 1 aliphatic rings. The lowest BCUT2D eigenvalue weighted by atomic mass is 10.2. The van der Waals surface area contributed by atoms with Crippen molar-refractivity contribution >= 4 is 38.8 Å². The maximum Gasteiger partial charge on any atom is 0.244 e. The Bertz CT molecular complexity index is 646. The predicted octanol–water partition coefficient (Wildman–Crippen LogP) is 2.25. The quantitative estimate of drug-likeness (QED) is 0.840. The van der Waals surface area contributed by atoms with Crippen molar-refractivity contribution < 1.29 is 8.42 Å². The molecule has 2 unspecified atom stereocenters. The van der Waals surface area contributed by atoms with Gasteiger partial charge in [-0.25, -0.2) is 12.7 Å². The molecule has 2 atom stereocenters. The van der Waals surface area contributed by atoms with Gasteiger partial charge >= 0.3 is 0 Å². The Morgan fingerprint density at radius 1 is 1.55 bits per heavy atom. The fourth-order valence-electron chi connectivity index (χ4n) is 2.11. The lowest BCUT2D eigenvalue weighted by Crippen LogP contribution is -2.29. The smallest absolute Gasteiger partial charge is 0.244 e. The summed E-state index contributed by atoms with van der Waals surface area (Å²) in [6, 6.07) is 4.53. The van der Waals surface area contributed by atoms with Gasteiger partial charge in [0.1, 0.15) is 9.88 Å². The van der Waals surface area contributed by atoms with Crippen LogP contribution in [0, 0.1) is 11.8 Å². The average Bonchev–Trinajstić information content (AvgIpc) is 3.04. The van der Waals surface area contributed by atoms with Crippen LogP contribution in [0.4, 0.5) is 0 Å². The molecule has 1 saturated carbocycles.